The van der Waals surface area contributed by atoms with E-state index in [1.165, 1.54) is 13.8 Å². The van der Waals surface area contributed by atoms with Crippen LogP contribution in [0.1, 0.15) is 13.8 Å². The first-order chi connectivity index (χ1) is 7.62. The van der Waals surface area contributed by atoms with Crippen LogP contribution in [0.5, 0.6) is 0 Å². The standard InChI is InChI=1S/2C4H5O.C2H3O3.O.Ti/c2*1-4(2)3-5;3-1-2(4)5;;/h2*1H2,2H3;1H2,(H,4,5);;/q;;-1;;+2/p-1. The molecule has 0 saturated carbocycles. The van der Waals surface area contributed by atoms with Crippen molar-refractivity contribution in [2.24, 2.45) is 0 Å². The van der Waals surface area contributed by atoms with E-state index in [0.717, 1.165) is 0 Å². The summed E-state index contributed by atoms with van der Waals surface area (Å²) in [6.45, 7) is 8.44. The zero-order chi connectivity index (χ0) is 13.5. The second-order valence-electron chi connectivity index (χ2n) is 3.97. The van der Waals surface area contributed by atoms with Crippen molar-refractivity contribution in [3.63, 3.8) is 0 Å². The topological polar surface area (TPSA) is 86.7 Å². The SMILES string of the molecule is C=C(C)[C](=O)[Ti]1(=[O])([C](=O)C(=C)C)[O]CC(=O)[O]1. The van der Waals surface area contributed by atoms with Gasteiger partial charge in [-0.2, -0.15) is 0 Å². The van der Waals surface area contributed by atoms with Gasteiger partial charge in [0.1, 0.15) is 0 Å². The zero-order valence-electron chi connectivity index (χ0n) is 9.57. The van der Waals surface area contributed by atoms with Gasteiger partial charge in [0.2, 0.25) is 0 Å². The van der Waals surface area contributed by atoms with Crippen molar-refractivity contribution in [1.82, 2.24) is 0 Å². The predicted molar refractivity (Wildman–Crippen MR) is 52.4 cm³/mol. The van der Waals surface area contributed by atoms with Gasteiger partial charge in [-0.1, -0.05) is 0 Å². The molecule has 92 valence electrons. The van der Waals surface area contributed by atoms with E-state index < -0.39 is 36.8 Å². The second-order valence-corrected chi connectivity index (χ2v) is 9.24. The molecule has 6 nitrogen and oxygen atoms in total. The Bertz CT molecular complexity index is 497. The summed E-state index contributed by atoms with van der Waals surface area (Å²) in [4.78, 5) is 34.8. The summed E-state index contributed by atoms with van der Waals surface area (Å²) in [6.07, 6.45) is 0. The quantitative estimate of drug-likeness (QED) is 0.553. The molecular formula is C10H12O6Ti. The molecule has 17 heavy (non-hydrogen) atoms. The first kappa shape index (κ1) is 13.8. The van der Waals surface area contributed by atoms with E-state index in [1.54, 1.807) is 0 Å². The average molecular weight is 276 g/mol. The fourth-order valence-corrected chi connectivity index (χ4v) is 6.26. The van der Waals surface area contributed by atoms with Crippen LogP contribution in [0.2, 0.25) is 0 Å². The Morgan fingerprint density at radius 3 is 1.82 bits per heavy atom. The Morgan fingerprint density at radius 2 is 1.59 bits per heavy atom. The summed E-state index contributed by atoms with van der Waals surface area (Å²) in [5, 5.41) is 0. The first-order valence-electron chi connectivity index (χ1n) is 4.78. The Morgan fingerprint density at radius 1 is 1.18 bits per heavy atom. The molecule has 1 saturated heterocycles. The third kappa shape index (κ3) is 1.88. The van der Waals surface area contributed by atoms with Crippen LogP contribution in [0, 0.1) is 0 Å². The number of carbonyl (C=O) groups is 3. The average Bonchev–Trinajstić information content (AvgIpc) is 2.55. The Kier molecular flexibility index (Phi) is 3.18. The fraction of sp³-hybridized carbons (Fsp3) is 0.300. The number of hydrogen-bond acceptors (Lipinski definition) is 6. The third-order valence-electron chi connectivity index (χ3n) is 2.31. The van der Waals surface area contributed by atoms with Crippen LogP contribution in [0.3, 0.4) is 0 Å². The maximum atomic E-state index is 12.7. The van der Waals surface area contributed by atoms with Gasteiger partial charge in [0.25, 0.3) is 0 Å². The summed E-state index contributed by atoms with van der Waals surface area (Å²) >= 11 is -6.38. The molecule has 0 aromatic rings. The Hall–Kier alpha value is -1.24. The fourth-order valence-electron chi connectivity index (χ4n) is 1.52. The summed E-state index contributed by atoms with van der Waals surface area (Å²) in [6, 6.07) is 0. The number of hydrogen-bond donors (Lipinski definition) is 0. The van der Waals surface area contributed by atoms with Crippen LogP contribution >= 0.6 is 0 Å². The van der Waals surface area contributed by atoms with Crippen LogP contribution in [0.15, 0.2) is 24.3 Å². The number of rotatable bonds is 4. The summed E-state index contributed by atoms with van der Waals surface area (Å²) < 4.78 is 19.7. The van der Waals surface area contributed by atoms with Crippen molar-refractivity contribution in [3.05, 3.63) is 24.3 Å². The molecular weight excluding hydrogens is 264 g/mol. The molecule has 0 aromatic carbocycles. The molecule has 1 fully saturated rings. The molecule has 1 aliphatic heterocycles. The van der Waals surface area contributed by atoms with Crippen LogP contribution in [0.4, 0.5) is 0 Å². The van der Waals surface area contributed by atoms with Crippen LogP contribution in [-0.4, -0.2) is 20.8 Å². The molecule has 1 aliphatic rings. The molecule has 1 rings (SSSR count). The molecule has 0 atom stereocenters. The third-order valence-corrected chi connectivity index (χ3v) is 8.07. The van der Waals surface area contributed by atoms with E-state index in [-0.39, 0.29) is 11.1 Å². The molecule has 0 spiro atoms. The molecule has 1 heterocycles. The Labute approximate surface area is 99.4 Å². The van der Waals surface area contributed by atoms with Crippen molar-refractivity contribution < 1.29 is 40.4 Å². The van der Waals surface area contributed by atoms with Gasteiger partial charge in [-0.05, 0) is 0 Å². The minimum atomic E-state index is -6.38. The van der Waals surface area contributed by atoms with Crippen LogP contribution < -0.4 is 0 Å². The predicted octanol–water partition coefficient (Wildman–Crippen LogP) is 0.630. The van der Waals surface area contributed by atoms with Gasteiger partial charge in [-0.25, -0.2) is 0 Å². The van der Waals surface area contributed by atoms with Gasteiger partial charge < -0.3 is 0 Å². The monoisotopic (exact) mass is 276 g/mol. The van der Waals surface area contributed by atoms with Gasteiger partial charge in [0, 0.05) is 0 Å². The molecule has 0 N–H and O–H groups in total. The first-order valence-corrected chi connectivity index (χ1v) is 8.25. The van der Waals surface area contributed by atoms with E-state index in [2.05, 4.69) is 16.5 Å². The van der Waals surface area contributed by atoms with E-state index in [1.807, 2.05) is 0 Å². The van der Waals surface area contributed by atoms with Gasteiger partial charge in [-0.3, -0.25) is 0 Å². The van der Waals surface area contributed by atoms with E-state index in [4.69, 9.17) is 3.32 Å². The van der Waals surface area contributed by atoms with Gasteiger partial charge in [0.05, 0.1) is 0 Å². The van der Waals surface area contributed by atoms with Gasteiger partial charge >= 0.3 is 99.3 Å². The van der Waals surface area contributed by atoms with Crippen LogP contribution in [0.25, 0.3) is 0 Å². The maximum absolute atomic E-state index is 12.7. The second kappa shape index (κ2) is 3.90. The van der Waals surface area contributed by atoms with Crippen LogP contribution in [-0.2, 0) is 40.4 Å². The molecule has 0 aromatic heterocycles. The summed E-state index contributed by atoms with van der Waals surface area (Å²) in [7, 11) is 0. The van der Waals surface area contributed by atoms with E-state index in [9.17, 15) is 17.7 Å². The van der Waals surface area contributed by atoms with E-state index >= 15 is 0 Å². The molecule has 0 aliphatic carbocycles. The van der Waals surface area contributed by atoms with Crippen molar-refractivity contribution in [1.29, 1.82) is 0 Å². The molecule has 0 bridgehead atoms. The minimum absolute atomic E-state index is 0.165. The Balaban J connectivity index is 3.50. The summed E-state index contributed by atoms with van der Waals surface area (Å²) in [5.74, 6) is -0.999. The molecule has 0 radical (unpaired) electrons. The number of allylic oxidation sites excluding steroid dienone is 2. The van der Waals surface area contributed by atoms with Crippen molar-refractivity contribution in [2.75, 3.05) is 6.61 Å². The molecule has 0 amide bonds. The normalized spacial score (nSPS) is 20.0. The van der Waals surface area contributed by atoms with Crippen molar-refractivity contribution >= 4 is 14.1 Å². The molecule has 7 heteroatoms. The zero-order valence-corrected chi connectivity index (χ0v) is 11.1. The van der Waals surface area contributed by atoms with Gasteiger partial charge in [0.15, 0.2) is 0 Å². The van der Waals surface area contributed by atoms with Crippen molar-refractivity contribution in [2.45, 2.75) is 13.8 Å². The van der Waals surface area contributed by atoms with Gasteiger partial charge in [-0.15, -0.1) is 0 Å². The molecule has 0 unspecified atom stereocenters. The van der Waals surface area contributed by atoms with Crippen molar-refractivity contribution in [3.8, 4) is 0 Å². The number of carbonyl (C=O) groups excluding carboxylic acids is 3. The summed E-state index contributed by atoms with van der Waals surface area (Å²) in [5.41, 5.74) is -0.331. The van der Waals surface area contributed by atoms with E-state index in [0.29, 0.717) is 0 Å².